The molecule has 0 saturated carbocycles. The number of nitrogens with one attached hydrogen (secondary N) is 1. The zero-order valence-corrected chi connectivity index (χ0v) is 13.4. The van der Waals surface area contributed by atoms with Gasteiger partial charge in [-0.2, -0.15) is 0 Å². The Morgan fingerprint density at radius 2 is 1.71 bits per heavy atom. The lowest BCUT2D eigenvalue weighted by molar-refractivity contribution is -0.138. The number of aromatic nitrogens is 1. The van der Waals surface area contributed by atoms with E-state index in [1.807, 2.05) is 30.5 Å². The summed E-state index contributed by atoms with van der Waals surface area (Å²) in [5, 5.41) is 9.77. The lowest BCUT2D eigenvalue weighted by atomic mass is 9.95. The summed E-state index contributed by atoms with van der Waals surface area (Å²) in [5.41, 5.74) is 19.3. The summed E-state index contributed by atoms with van der Waals surface area (Å²) >= 11 is 0. The normalized spacial score (nSPS) is 15.1. The molecule has 1 heterocycles. The van der Waals surface area contributed by atoms with Gasteiger partial charge < -0.3 is 27.3 Å². The SMILES string of the molecule is NC(CCCC(N)C(=O)C(N)Cc1c[nH]c2ccccc12)C(=O)O. The summed E-state index contributed by atoms with van der Waals surface area (Å²) in [7, 11) is 0. The van der Waals surface area contributed by atoms with Crippen molar-refractivity contribution < 1.29 is 14.7 Å². The highest BCUT2D eigenvalue weighted by molar-refractivity contribution is 5.90. The van der Waals surface area contributed by atoms with Gasteiger partial charge >= 0.3 is 5.97 Å². The highest BCUT2D eigenvalue weighted by atomic mass is 16.4. The molecule has 0 amide bonds. The molecule has 2 rings (SSSR count). The number of aliphatic carboxylic acids is 1. The van der Waals surface area contributed by atoms with Crippen LogP contribution in [0.15, 0.2) is 30.5 Å². The van der Waals surface area contributed by atoms with Crippen LogP contribution in [0.25, 0.3) is 10.9 Å². The Morgan fingerprint density at radius 1 is 1.04 bits per heavy atom. The summed E-state index contributed by atoms with van der Waals surface area (Å²) in [6, 6.07) is 5.50. The fraction of sp³-hybridized carbons (Fsp3) is 0.412. The average Bonchev–Trinajstić information content (AvgIpc) is 2.96. The number of ketones is 1. The summed E-state index contributed by atoms with van der Waals surface area (Å²) in [6.07, 6.45) is 3.40. The van der Waals surface area contributed by atoms with E-state index in [1.54, 1.807) is 0 Å². The molecule has 0 saturated heterocycles. The Labute approximate surface area is 140 Å². The van der Waals surface area contributed by atoms with E-state index in [9.17, 15) is 9.59 Å². The quantitative estimate of drug-likeness (QED) is 0.452. The van der Waals surface area contributed by atoms with E-state index in [0.717, 1.165) is 16.5 Å². The van der Waals surface area contributed by atoms with Crippen molar-refractivity contribution in [1.82, 2.24) is 4.98 Å². The van der Waals surface area contributed by atoms with Crippen LogP contribution in [-0.2, 0) is 16.0 Å². The number of para-hydroxylation sites is 1. The molecule has 0 aliphatic carbocycles. The standard InChI is InChI=1S/C17H24N4O3/c18-12(5-3-6-13(19)17(23)24)16(22)14(20)8-10-9-21-15-7-2-1-4-11(10)15/h1-2,4,7,9,12-14,21H,3,5-6,8,18-20H2,(H,23,24). The maximum atomic E-state index is 12.3. The number of carbonyl (C=O) groups is 2. The third kappa shape index (κ3) is 4.41. The Bertz CT molecular complexity index is 713. The molecule has 0 aliphatic heterocycles. The molecule has 24 heavy (non-hydrogen) atoms. The van der Waals surface area contributed by atoms with Crippen LogP contribution in [0.5, 0.6) is 0 Å². The summed E-state index contributed by atoms with van der Waals surface area (Å²) < 4.78 is 0. The van der Waals surface area contributed by atoms with Gasteiger partial charge in [0.1, 0.15) is 6.04 Å². The van der Waals surface area contributed by atoms with Gasteiger partial charge in [0.25, 0.3) is 0 Å². The van der Waals surface area contributed by atoms with Crippen LogP contribution in [0, 0.1) is 0 Å². The first-order valence-corrected chi connectivity index (χ1v) is 7.98. The predicted octanol–water partition coefficient (Wildman–Crippen LogP) is 0.516. The van der Waals surface area contributed by atoms with E-state index >= 15 is 0 Å². The van der Waals surface area contributed by atoms with Gasteiger partial charge in [0, 0.05) is 17.1 Å². The number of benzene rings is 1. The molecular weight excluding hydrogens is 308 g/mol. The number of carboxylic acid groups (broad SMARTS) is 1. The summed E-state index contributed by atoms with van der Waals surface area (Å²) in [5.74, 6) is -1.27. The van der Waals surface area contributed by atoms with Gasteiger partial charge in [-0.3, -0.25) is 9.59 Å². The van der Waals surface area contributed by atoms with E-state index in [1.165, 1.54) is 0 Å². The van der Waals surface area contributed by atoms with Gasteiger partial charge in [-0.25, -0.2) is 0 Å². The number of Topliss-reactive ketones (excluding diaryl/α,β-unsaturated/α-hetero) is 1. The molecule has 0 fully saturated rings. The lowest BCUT2D eigenvalue weighted by Crippen LogP contribution is -2.44. The minimum atomic E-state index is -1.05. The Kier molecular flexibility index (Phi) is 6.08. The van der Waals surface area contributed by atoms with E-state index in [2.05, 4.69) is 4.98 Å². The highest BCUT2D eigenvalue weighted by Gasteiger charge is 2.22. The van der Waals surface area contributed by atoms with Crippen LogP contribution in [0.1, 0.15) is 24.8 Å². The molecule has 1 aromatic carbocycles. The molecule has 0 spiro atoms. The Balaban J connectivity index is 1.88. The molecule has 7 heteroatoms. The number of carboxylic acids is 1. The van der Waals surface area contributed by atoms with Gasteiger partial charge in [0.05, 0.1) is 12.1 Å². The molecule has 0 radical (unpaired) electrons. The molecule has 2 aromatic rings. The van der Waals surface area contributed by atoms with Crippen molar-refractivity contribution >= 4 is 22.7 Å². The minimum absolute atomic E-state index is 0.218. The van der Waals surface area contributed by atoms with Crippen LogP contribution in [0.4, 0.5) is 0 Å². The van der Waals surface area contributed by atoms with Crippen molar-refractivity contribution in [3.63, 3.8) is 0 Å². The average molecular weight is 332 g/mol. The summed E-state index contributed by atoms with van der Waals surface area (Å²) in [4.78, 5) is 26.1. The van der Waals surface area contributed by atoms with Crippen molar-refractivity contribution in [3.05, 3.63) is 36.0 Å². The highest BCUT2D eigenvalue weighted by Crippen LogP contribution is 2.19. The molecule has 0 bridgehead atoms. The fourth-order valence-corrected chi connectivity index (χ4v) is 2.74. The van der Waals surface area contributed by atoms with E-state index in [4.69, 9.17) is 22.3 Å². The molecule has 3 unspecified atom stereocenters. The second-order valence-electron chi connectivity index (χ2n) is 6.05. The van der Waals surface area contributed by atoms with Gasteiger partial charge in [-0.1, -0.05) is 18.2 Å². The summed E-state index contributed by atoms with van der Waals surface area (Å²) in [6.45, 7) is 0. The van der Waals surface area contributed by atoms with Crippen LogP contribution >= 0.6 is 0 Å². The molecule has 130 valence electrons. The zero-order chi connectivity index (χ0) is 17.7. The van der Waals surface area contributed by atoms with Gasteiger partial charge in [0.2, 0.25) is 0 Å². The van der Waals surface area contributed by atoms with Crippen molar-refractivity contribution in [2.45, 2.75) is 43.8 Å². The van der Waals surface area contributed by atoms with E-state index in [0.29, 0.717) is 19.3 Å². The van der Waals surface area contributed by atoms with Gasteiger partial charge in [-0.05, 0) is 37.3 Å². The van der Waals surface area contributed by atoms with Crippen molar-refractivity contribution in [2.24, 2.45) is 17.2 Å². The van der Waals surface area contributed by atoms with Crippen molar-refractivity contribution in [1.29, 1.82) is 0 Å². The topological polar surface area (TPSA) is 148 Å². The third-order valence-electron chi connectivity index (χ3n) is 4.19. The molecule has 7 nitrogen and oxygen atoms in total. The third-order valence-corrected chi connectivity index (χ3v) is 4.19. The lowest BCUT2D eigenvalue weighted by Gasteiger charge is -2.16. The molecule has 3 atom stereocenters. The van der Waals surface area contributed by atoms with Crippen LogP contribution in [-0.4, -0.2) is 40.0 Å². The Hall–Kier alpha value is -2.22. The monoisotopic (exact) mass is 332 g/mol. The number of fused-ring (bicyclic) bond motifs is 1. The van der Waals surface area contributed by atoms with Gasteiger partial charge in [0.15, 0.2) is 5.78 Å². The number of rotatable bonds is 9. The van der Waals surface area contributed by atoms with Crippen LogP contribution in [0.2, 0.25) is 0 Å². The first kappa shape index (κ1) is 18.1. The Morgan fingerprint density at radius 3 is 2.42 bits per heavy atom. The first-order valence-electron chi connectivity index (χ1n) is 7.98. The molecule has 8 N–H and O–H groups in total. The predicted molar refractivity (Wildman–Crippen MR) is 92.4 cm³/mol. The second-order valence-corrected chi connectivity index (χ2v) is 6.05. The smallest absolute Gasteiger partial charge is 0.320 e. The second kappa shape index (κ2) is 8.05. The van der Waals surface area contributed by atoms with Crippen molar-refractivity contribution in [3.8, 4) is 0 Å². The van der Waals surface area contributed by atoms with Crippen LogP contribution in [0.3, 0.4) is 0 Å². The fourth-order valence-electron chi connectivity index (χ4n) is 2.74. The largest absolute Gasteiger partial charge is 0.480 e. The number of nitrogens with two attached hydrogens (primary N) is 3. The van der Waals surface area contributed by atoms with Crippen LogP contribution < -0.4 is 17.2 Å². The number of hydrogen-bond acceptors (Lipinski definition) is 5. The maximum absolute atomic E-state index is 12.3. The first-order chi connectivity index (χ1) is 11.4. The zero-order valence-electron chi connectivity index (χ0n) is 13.4. The van der Waals surface area contributed by atoms with Crippen molar-refractivity contribution in [2.75, 3.05) is 0 Å². The number of carbonyl (C=O) groups excluding carboxylic acids is 1. The van der Waals surface area contributed by atoms with E-state index < -0.39 is 24.1 Å². The molecular formula is C17H24N4O3. The molecule has 0 aliphatic rings. The number of aromatic amines is 1. The number of hydrogen-bond donors (Lipinski definition) is 5. The maximum Gasteiger partial charge on any atom is 0.320 e. The molecule has 1 aromatic heterocycles. The minimum Gasteiger partial charge on any atom is -0.480 e. The van der Waals surface area contributed by atoms with E-state index in [-0.39, 0.29) is 12.2 Å². The van der Waals surface area contributed by atoms with Gasteiger partial charge in [-0.15, -0.1) is 0 Å². The number of H-pyrrole nitrogens is 1.